The summed E-state index contributed by atoms with van der Waals surface area (Å²) in [5, 5.41) is 19.4. The van der Waals surface area contributed by atoms with Crippen molar-refractivity contribution in [1.82, 2.24) is 10.3 Å². The predicted octanol–water partition coefficient (Wildman–Crippen LogP) is 3.69. The van der Waals surface area contributed by atoms with Crippen LogP contribution >= 0.6 is 11.3 Å². The Bertz CT molecular complexity index is 938. The number of aromatic nitrogens is 1. The fourth-order valence-corrected chi connectivity index (χ4v) is 3.17. The zero-order valence-corrected chi connectivity index (χ0v) is 14.7. The lowest BCUT2D eigenvalue weighted by atomic mass is 10.2. The molecule has 0 bridgehead atoms. The number of nitro groups is 1. The summed E-state index contributed by atoms with van der Waals surface area (Å²) in [4.78, 5) is 26.5. The molecule has 8 heteroatoms. The Morgan fingerprint density at radius 1 is 1.23 bits per heavy atom. The maximum absolute atomic E-state index is 11.5. The van der Waals surface area contributed by atoms with E-state index in [1.165, 1.54) is 23.5 Å². The van der Waals surface area contributed by atoms with Crippen LogP contribution in [-0.4, -0.2) is 22.9 Å². The molecule has 7 nitrogen and oxygen atoms in total. The molecular formula is C18H16N4O3S. The standard InChI is InChI=1S/C18H16N4O3S/c1-19-17(23)12-5-7-14(8-6-12)20-10-15-11-26-18(21-15)13-3-2-4-16(9-13)22(24)25/h2-9,11,20H,10H2,1H3,(H,19,23). The van der Waals surface area contributed by atoms with E-state index in [0.717, 1.165) is 22.0 Å². The number of benzene rings is 2. The average molecular weight is 368 g/mol. The second-order valence-corrected chi connectivity index (χ2v) is 6.32. The lowest BCUT2D eigenvalue weighted by Crippen LogP contribution is -2.17. The highest BCUT2D eigenvalue weighted by atomic mass is 32.1. The third-order valence-electron chi connectivity index (χ3n) is 3.70. The number of anilines is 1. The number of carbonyl (C=O) groups is 1. The first-order valence-corrected chi connectivity index (χ1v) is 8.70. The van der Waals surface area contributed by atoms with Crippen LogP contribution in [0.15, 0.2) is 53.9 Å². The minimum absolute atomic E-state index is 0.0496. The van der Waals surface area contributed by atoms with Crippen molar-refractivity contribution in [3.63, 3.8) is 0 Å². The zero-order chi connectivity index (χ0) is 18.5. The number of nitrogens with one attached hydrogen (secondary N) is 2. The smallest absolute Gasteiger partial charge is 0.270 e. The van der Waals surface area contributed by atoms with Crippen LogP contribution in [0.4, 0.5) is 11.4 Å². The lowest BCUT2D eigenvalue weighted by molar-refractivity contribution is -0.384. The highest BCUT2D eigenvalue weighted by Crippen LogP contribution is 2.27. The largest absolute Gasteiger partial charge is 0.379 e. The van der Waals surface area contributed by atoms with Gasteiger partial charge in [0, 0.05) is 41.4 Å². The van der Waals surface area contributed by atoms with Gasteiger partial charge >= 0.3 is 0 Å². The summed E-state index contributed by atoms with van der Waals surface area (Å²) < 4.78 is 0. The van der Waals surface area contributed by atoms with Crippen molar-refractivity contribution in [2.45, 2.75) is 6.54 Å². The molecule has 1 amide bonds. The molecule has 0 aliphatic carbocycles. The van der Waals surface area contributed by atoms with E-state index in [9.17, 15) is 14.9 Å². The van der Waals surface area contributed by atoms with Gasteiger partial charge in [-0.05, 0) is 24.3 Å². The van der Waals surface area contributed by atoms with E-state index < -0.39 is 4.92 Å². The summed E-state index contributed by atoms with van der Waals surface area (Å²) in [5.74, 6) is -0.127. The Morgan fingerprint density at radius 3 is 2.69 bits per heavy atom. The van der Waals surface area contributed by atoms with Gasteiger partial charge in [0.25, 0.3) is 11.6 Å². The Hall–Kier alpha value is -3.26. The topological polar surface area (TPSA) is 97.2 Å². The summed E-state index contributed by atoms with van der Waals surface area (Å²) in [6.45, 7) is 0.519. The number of carbonyl (C=O) groups excluding carboxylic acids is 1. The molecule has 0 atom stereocenters. The molecule has 2 aromatic carbocycles. The van der Waals surface area contributed by atoms with Crippen molar-refractivity contribution in [2.75, 3.05) is 12.4 Å². The van der Waals surface area contributed by atoms with Crippen LogP contribution in [0.1, 0.15) is 16.1 Å². The maximum atomic E-state index is 11.5. The fourth-order valence-electron chi connectivity index (χ4n) is 2.35. The number of amides is 1. The van der Waals surface area contributed by atoms with Crippen LogP contribution in [-0.2, 0) is 6.54 Å². The van der Waals surface area contributed by atoms with Gasteiger partial charge in [-0.1, -0.05) is 12.1 Å². The summed E-state index contributed by atoms with van der Waals surface area (Å²) in [7, 11) is 1.59. The number of hydrogen-bond acceptors (Lipinski definition) is 6. The molecule has 1 heterocycles. The van der Waals surface area contributed by atoms with Crippen LogP contribution in [0.25, 0.3) is 10.6 Å². The van der Waals surface area contributed by atoms with Gasteiger partial charge in [0.2, 0.25) is 0 Å². The zero-order valence-electron chi connectivity index (χ0n) is 13.9. The van der Waals surface area contributed by atoms with Crippen LogP contribution in [0.2, 0.25) is 0 Å². The van der Waals surface area contributed by atoms with Crippen molar-refractivity contribution in [3.05, 3.63) is 75.3 Å². The highest BCUT2D eigenvalue weighted by Gasteiger charge is 2.10. The Kier molecular flexibility index (Phi) is 5.23. The van der Waals surface area contributed by atoms with Crippen LogP contribution in [0.5, 0.6) is 0 Å². The molecule has 0 radical (unpaired) electrons. The number of hydrogen-bond donors (Lipinski definition) is 2. The van der Waals surface area contributed by atoms with Gasteiger partial charge in [0.1, 0.15) is 5.01 Å². The van der Waals surface area contributed by atoms with Crippen LogP contribution in [0.3, 0.4) is 0 Å². The van der Waals surface area contributed by atoms with Crippen LogP contribution in [0, 0.1) is 10.1 Å². The van der Waals surface area contributed by atoms with E-state index in [1.807, 2.05) is 17.5 Å². The van der Waals surface area contributed by atoms with E-state index >= 15 is 0 Å². The Balaban J connectivity index is 1.66. The Labute approximate surface area is 153 Å². The van der Waals surface area contributed by atoms with Gasteiger partial charge < -0.3 is 10.6 Å². The third kappa shape index (κ3) is 4.04. The summed E-state index contributed by atoms with van der Waals surface area (Å²) >= 11 is 1.44. The summed E-state index contributed by atoms with van der Waals surface area (Å²) in [6.07, 6.45) is 0. The predicted molar refractivity (Wildman–Crippen MR) is 101 cm³/mol. The molecule has 3 aromatic rings. The van der Waals surface area contributed by atoms with Gasteiger partial charge in [-0.15, -0.1) is 11.3 Å². The fraction of sp³-hybridized carbons (Fsp3) is 0.111. The molecule has 26 heavy (non-hydrogen) atoms. The molecule has 1 aromatic heterocycles. The molecule has 0 fully saturated rings. The van der Waals surface area contributed by atoms with Crippen molar-refractivity contribution < 1.29 is 9.72 Å². The number of rotatable bonds is 6. The molecular weight excluding hydrogens is 352 g/mol. The Morgan fingerprint density at radius 2 is 2.00 bits per heavy atom. The minimum atomic E-state index is -0.415. The first-order valence-electron chi connectivity index (χ1n) is 7.82. The van der Waals surface area contributed by atoms with E-state index in [1.54, 1.807) is 31.3 Å². The number of nitro benzene ring substituents is 1. The van der Waals surface area contributed by atoms with Gasteiger partial charge in [-0.25, -0.2) is 4.98 Å². The number of non-ortho nitro benzene ring substituents is 1. The second-order valence-electron chi connectivity index (χ2n) is 5.46. The third-order valence-corrected chi connectivity index (χ3v) is 4.64. The van der Waals surface area contributed by atoms with Gasteiger partial charge in [0.05, 0.1) is 17.2 Å². The quantitative estimate of drug-likeness (QED) is 0.511. The van der Waals surface area contributed by atoms with Crippen molar-refractivity contribution in [3.8, 4) is 10.6 Å². The first-order chi connectivity index (χ1) is 12.6. The normalized spacial score (nSPS) is 10.3. The first kappa shape index (κ1) is 17.6. The van der Waals surface area contributed by atoms with Crippen molar-refractivity contribution in [1.29, 1.82) is 0 Å². The molecule has 0 aliphatic rings. The molecule has 0 saturated carbocycles. The number of thiazole rings is 1. The van der Waals surface area contributed by atoms with Gasteiger partial charge in [-0.2, -0.15) is 0 Å². The molecule has 0 aliphatic heterocycles. The summed E-state index contributed by atoms with van der Waals surface area (Å²) in [6, 6.07) is 13.6. The molecule has 2 N–H and O–H groups in total. The molecule has 0 unspecified atom stereocenters. The van der Waals surface area contributed by atoms with E-state index in [-0.39, 0.29) is 11.6 Å². The molecule has 3 rings (SSSR count). The second kappa shape index (κ2) is 7.75. The SMILES string of the molecule is CNC(=O)c1ccc(NCc2csc(-c3cccc([N+](=O)[O-])c3)n2)cc1. The van der Waals surface area contributed by atoms with E-state index in [0.29, 0.717) is 12.1 Å². The molecule has 132 valence electrons. The minimum Gasteiger partial charge on any atom is -0.379 e. The van der Waals surface area contributed by atoms with Crippen LogP contribution < -0.4 is 10.6 Å². The van der Waals surface area contributed by atoms with Crippen molar-refractivity contribution >= 4 is 28.6 Å². The van der Waals surface area contributed by atoms with Gasteiger partial charge in [0.15, 0.2) is 0 Å². The highest BCUT2D eigenvalue weighted by molar-refractivity contribution is 7.13. The van der Waals surface area contributed by atoms with Gasteiger partial charge in [-0.3, -0.25) is 14.9 Å². The maximum Gasteiger partial charge on any atom is 0.270 e. The lowest BCUT2D eigenvalue weighted by Gasteiger charge is -2.05. The number of nitrogens with zero attached hydrogens (tertiary/aromatic N) is 2. The average Bonchev–Trinajstić information content (AvgIpc) is 3.15. The monoisotopic (exact) mass is 368 g/mol. The van der Waals surface area contributed by atoms with Crippen molar-refractivity contribution in [2.24, 2.45) is 0 Å². The van der Waals surface area contributed by atoms with E-state index in [2.05, 4.69) is 15.6 Å². The molecule has 0 saturated heterocycles. The van der Waals surface area contributed by atoms with E-state index in [4.69, 9.17) is 0 Å². The summed E-state index contributed by atoms with van der Waals surface area (Å²) in [5.41, 5.74) is 3.09. The molecule has 0 spiro atoms.